The molecule has 1 aliphatic rings. The molecule has 1 aliphatic heterocycles. The zero-order valence-corrected chi connectivity index (χ0v) is 28.3. The number of aromatic hydroxyl groups is 1. The molecule has 0 aliphatic carbocycles. The van der Waals surface area contributed by atoms with Crippen molar-refractivity contribution >= 4 is 38.2 Å². The number of aromatic nitrogens is 1. The number of pyridine rings is 1. The second-order valence-corrected chi connectivity index (χ2v) is 14.7. The molecule has 47 heavy (non-hydrogen) atoms. The van der Waals surface area contributed by atoms with Crippen LogP contribution < -0.4 is 10.2 Å². The number of anilines is 1. The average Bonchev–Trinajstić information content (AvgIpc) is 3.03. The molecule has 10 nitrogen and oxygen atoms in total. The molecule has 0 saturated carbocycles. The fourth-order valence-electron chi connectivity index (χ4n) is 5.89. The van der Waals surface area contributed by atoms with Crippen molar-refractivity contribution in [2.45, 2.75) is 62.6 Å². The molecule has 1 fully saturated rings. The Kier molecular flexibility index (Phi) is 9.88. The summed E-state index contributed by atoms with van der Waals surface area (Å²) in [6.45, 7) is 11.4. The van der Waals surface area contributed by atoms with Crippen molar-refractivity contribution in [3.05, 3.63) is 89.6 Å². The molecule has 0 spiro atoms. The van der Waals surface area contributed by atoms with Crippen LogP contribution in [0.3, 0.4) is 0 Å². The number of piperazine rings is 1. The molecule has 3 aromatic carbocycles. The molecule has 0 radical (unpaired) electrons. The lowest BCUT2D eigenvalue weighted by Crippen LogP contribution is -2.55. The van der Waals surface area contributed by atoms with E-state index in [4.69, 9.17) is 4.74 Å². The van der Waals surface area contributed by atoms with Crippen molar-refractivity contribution in [1.82, 2.24) is 15.2 Å². The number of amides is 1. The Bertz CT molecular complexity index is 1890. The summed E-state index contributed by atoms with van der Waals surface area (Å²) in [5.74, 6) is -1.03. The van der Waals surface area contributed by atoms with Crippen molar-refractivity contribution in [3.63, 3.8) is 0 Å². The Balaban J connectivity index is 1.44. The summed E-state index contributed by atoms with van der Waals surface area (Å²) in [4.78, 5) is 34.9. The maximum atomic E-state index is 14.1. The van der Waals surface area contributed by atoms with Gasteiger partial charge in [-0.2, -0.15) is 0 Å². The fourth-order valence-corrected chi connectivity index (χ4v) is 7.55. The van der Waals surface area contributed by atoms with Crippen LogP contribution >= 0.6 is 0 Å². The van der Waals surface area contributed by atoms with Gasteiger partial charge in [-0.1, -0.05) is 42.5 Å². The molecule has 4 aromatic rings. The van der Waals surface area contributed by atoms with E-state index in [1.165, 1.54) is 35.5 Å². The molecule has 1 unspecified atom stereocenters. The van der Waals surface area contributed by atoms with E-state index in [0.29, 0.717) is 42.5 Å². The predicted molar refractivity (Wildman–Crippen MR) is 181 cm³/mol. The third kappa shape index (κ3) is 7.74. The highest BCUT2D eigenvalue weighted by Crippen LogP contribution is 2.32. The van der Waals surface area contributed by atoms with Crippen LogP contribution in [0.1, 0.15) is 37.5 Å². The molecule has 11 heteroatoms. The number of benzene rings is 3. The molecule has 1 amide bonds. The molecule has 0 bridgehead atoms. The number of rotatable bonds is 9. The summed E-state index contributed by atoms with van der Waals surface area (Å²) in [5.41, 5.74) is 3.13. The van der Waals surface area contributed by atoms with E-state index in [-0.39, 0.29) is 34.5 Å². The van der Waals surface area contributed by atoms with E-state index in [1.807, 2.05) is 12.1 Å². The minimum atomic E-state index is -4.24. The molecule has 2 heterocycles. The number of hydrogen-bond donors (Lipinski definition) is 2. The largest absolute Gasteiger partial charge is 0.508 e. The third-order valence-electron chi connectivity index (χ3n) is 8.37. The summed E-state index contributed by atoms with van der Waals surface area (Å²) in [6, 6.07) is 18.1. The van der Waals surface area contributed by atoms with E-state index in [1.54, 1.807) is 49.9 Å². The van der Waals surface area contributed by atoms with Crippen LogP contribution in [-0.2, 0) is 30.6 Å². The second-order valence-electron chi connectivity index (χ2n) is 12.9. The van der Waals surface area contributed by atoms with Gasteiger partial charge in [-0.05, 0) is 87.4 Å². The van der Waals surface area contributed by atoms with Gasteiger partial charge < -0.3 is 19.6 Å². The number of ether oxygens (including phenoxy) is 1. The first-order chi connectivity index (χ1) is 22.2. The number of carbonyl (C=O) groups excluding carboxylic acids is 2. The Labute approximate surface area is 276 Å². The molecule has 1 saturated heterocycles. The van der Waals surface area contributed by atoms with E-state index in [9.17, 15) is 23.1 Å². The van der Waals surface area contributed by atoms with Gasteiger partial charge in [0, 0.05) is 43.4 Å². The van der Waals surface area contributed by atoms with Crippen molar-refractivity contribution < 1.29 is 27.9 Å². The average molecular weight is 659 g/mol. The van der Waals surface area contributed by atoms with Crippen molar-refractivity contribution in [3.8, 4) is 5.75 Å². The number of nitrogens with zero attached hydrogens (tertiary/aromatic N) is 3. The number of fused-ring (bicyclic) bond motifs is 1. The summed E-state index contributed by atoms with van der Waals surface area (Å²) in [6.07, 6.45) is 1.38. The highest BCUT2D eigenvalue weighted by molar-refractivity contribution is 7.91. The minimum absolute atomic E-state index is 0.0571. The summed E-state index contributed by atoms with van der Waals surface area (Å²) < 4.78 is 33.8. The summed E-state index contributed by atoms with van der Waals surface area (Å²) >= 11 is 0. The number of phenolic OH excluding ortho intramolecular Hbond substituents is 1. The van der Waals surface area contributed by atoms with E-state index >= 15 is 0 Å². The predicted octanol–water partition coefficient (Wildman–Crippen LogP) is 4.58. The number of phenols is 1. The van der Waals surface area contributed by atoms with Crippen molar-refractivity contribution in [2.75, 3.05) is 37.6 Å². The number of hydrogen-bond acceptors (Lipinski definition) is 9. The van der Waals surface area contributed by atoms with Crippen molar-refractivity contribution in [1.29, 1.82) is 0 Å². The minimum Gasteiger partial charge on any atom is -0.508 e. The van der Waals surface area contributed by atoms with Crippen LogP contribution in [-0.4, -0.2) is 79.7 Å². The van der Waals surface area contributed by atoms with Gasteiger partial charge in [-0.25, -0.2) is 13.4 Å². The number of sulfone groups is 1. The van der Waals surface area contributed by atoms with Crippen LogP contribution in [0.15, 0.2) is 82.8 Å². The molecule has 248 valence electrons. The van der Waals surface area contributed by atoms with Crippen LogP contribution in [0.4, 0.5) is 5.69 Å². The standard InChI is InChI=1S/C36H42N4O6S/c1-24-9-8-12-31(25(24)2)39-17-19-40(20-18-39)35(43)30(38-23-33(42)46-36(3,4)5)21-27-13-14-28(41)22-32(27)47(44,45)34-29-11-7-6-10-26(29)15-16-37-34/h6-16,22,30,38,41H,17-21,23H2,1-5H3. The van der Waals surface area contributed by atoms with Gasteiger partial charge in [-0.15, -0.1) is 0 Å². The Morgan fingerprint density at radius 3 is 2.43 bits per heavy atom. The van der Waals surface area contributed by atoms with Gasteiger partial charge in [0.25, 0.3) is 0 Å². The van der Waals surface area contributed by atoms with Crippen LogP contribution in [0.25, 0.3) is 10.8 Å². The Morgan fingerprint density at radius 2 is 1.70 bits per heavy atom. The molecule has 5 rings (SSSR count). The fraction of sp³-hybridized carbons (Fsp3) is 0.361. The number of aryl methyl sites for hydroxylation is 1. The normalized spacial score (nSPS) is 14.7. The van der Waals surface area contributed by atoms with Crippen molar-refractivity contribution in [2.24, 2.45) is 0 Å². The van der Waals surface area contributed by atoms with E-state index in [0.717, 1.165) is 5.69 Å². The lowest BCUT2D eigenvalue weighted by atomic mass is 10.0. The van der Waals surface area contributed by atoms with Crippen LogP contribution in [0.2, 0.25) is 0 Å². The van der Waals surface area contributed by atoms with Gasteiger partial charge in [-0.3, -0.25) is 14.9 Å². The van der Waals surface area contributed by atoms with Crippen LogP contribution in [0, 0.1) is 13.8 Å². The van der Waals surface area contributed by atoms with Crippen LogP contribution in [0.5, 0.6) is 5.75 Å². The van der Waals surface area contributed by atoms with Gasteiger partial charge in [0.05, 0.1) is 17.5 Å². The molecular weight excluding hydrogens is 616 g/mol. The molecule has 2 N–H and O–H groups in total. The molecule has 1 atom stereocenters. The highest BCUT2D eigenvalue weighted by atomic mass is 32.2. The first-order valence-corrected chi connectivity index (χ1v) is 17.2. The first kappa shape index (κ1) is 33.9. The van der Waals surface area contributed by atoms with E-state index in [2.05, 4.69) is 41.2 Å². The molecular formula is C36H42N4O6S. The number of carbonyl (C=O) groups is 2. The second kappa shape index (κ2) is 13.7. The monoisotopic (exact) mass is 658 g/mol. The lowest BCUT2D eigenvalue weighted by Gasteiger charge is -2.38. The maximum Gasteiger partial charge on any atom is 0.320 e. The van der Waals surface area contributed by atoms with E-state index < -0.39 is 27.4 Å². The smallest absolute Gasteiger partial charge is 0.320 e. The third-order valence-corrected chi connectivity index (χ3v) is 10.2. The Hall–Kier alpha value is -4.48. The van der Waals surface area contributed by atoms with Gasteiger partial charge >= 0.3 is 5.97 Å². The zero-order valence-electron chi connectivity index (χ0n) is 27.5. The zero-order chi connectivity index (χ0) is 33.9. The first-order valence-electron chi connectivity index (χ1n) is 15.7. The van der Waals surface area contributed by atoms with Gasteiger partial charge in [0.1, 0.15) is 11.4 Å². The maximum absolute atomic E-state index is 14.1. The van der Waals surface area contributed by atoms with Gasteiger partial charge in [0.2, 0.25) is 15.7 Å². The van der Waals surface area contributed by atoms with Gasteiger partial charge in [0.15, 0.2) is 5.03 Å². The summed E-state index contributed by atoms with van der Waals surface area (Å²) in [5, 5.41) is 14.5. The number of esters is 1. The highest BCUT2D eigenvalue weighted by Gasteiger charge is 2.32. The number of nitrogens with one attached hydrogen (secondary N) is 1. The Morgan fingerprint density at radius 1 is 0.979 bits per heavy atom. The molecule has 1 aromatic heterocycles. The quantitative estimate of drug-likeness (QED) is 0.248. The SMILES string of the molecule is Cc1cccc(N2CCN(C(=O)C(Cc3ccc(O)cc3S(=O)(=O)c3nccc4ccccc34)NCC(=O)OC(C)(C)C)CC2)c1C. The lowest BCUT2D eigenvalue weighted by molar-refractivity contribution is -0.153. The topological polar surface area (TPSA) is 129 Å². The summed E-state index contributed by atoms with van der Waals surface area (Å²) in [7, 11) is -4.24.